The van der Waals surface area contributed by atoms with Gasteiger partial charge in [-0.3, -0.25) is 14.5 Å². The highest BCUT2D eigenvalue weighted by atomic mass is 16.2. The average molecular weight is 311 g/mol. The Morgan fingerprint density at radius 2 is 1.70 bits per heavy atom. The van der Waals surface area contributed by atoms with Gasteiger partial charge in [0.2, 0.25) is 11.8 Å². The van der Waals surface area contributed by atoms with Crippen LogP contribution in [0, 0.1) is 0 Å². The van der Waals surface area contributed by atoms with Gasteiger partial charge in [-0.15, -0.1) is 0 Å². The molecule has 0 bridgehead atoms. The molecule has 0 atom stereocenters. The van der Waals surface area contributed by atoms with Crippen LogP contribution in [0.5, 0.6) is 0 Å². The molecule has 0 aromatic heterocycles. The van der Waals surface area contributed by atoms with Crippen molar-refractivity contribution in [3.8, 4) is 0 Å². The van der Waals surface area contributed by atoms with E-state index in [1.54, 1.807) is 6.92 Å². The van der Waals surface area contributed by atoms with Gasteiger partial charge in [0.05, 0.1) is 6.54 Å². The van der Waals surface area contributed by atoms with Crippen LogP contribution in [-0.2, 0) is 9.59 Å². The van der Waals surface area contributed by atoms with Crippen molar-refractivity contribution in [2.45, 2.75) is 6.92 Å². The maximum Gasteiger partial charge on any atom is 0.238 e. The third kappa shape index (κ3) is 3.68. The molecule has 2 aromatic rings. The first-order chi connectivity index (χ1) is 11.1. The van der Waals surface area contributed by atoms with Crippen LogP contribution >= 0.6 is 0 Å². The van der Waals surface area contributed by atoms with Crippen molar-refractivity contribution in [3.05, 3.63) is 42.5 Å². The summed E-state index contributed by atoms with van der Waals surface area (Å²) in [6.07, 6.45) is 0. The number of fused-ring (bicyclic) bond motifs is 1. The van der Waals surface area contributed by atoms with Gasteiger partial charge in [0.15, 0.2) is 0 Å². The highest BCUT2D eigenvalue weighted by Crippen LogP contribution is 2.22. The second-order valence-electron chi connectivity index (χ2n) is 5.86. The second-order valence-corrected chi connectivity index (χ2v) is 5.86. The quantitative estimate of drug-likeness (QED) is 0.942. The Bertz CT molecular complexity index is 716. The van der Waals surface area contributed by atoms with Crippen LogP contribution in [0.15, 0.2) is 42.5 Å². The fourth-order valence-electron chi connectivity index (χ4n) is 2.95. The van der Waals surface area contributed by atoms with E-state index in [2.05, 4.69) is 10.2 Å². The van der Waals surface area contributed by atoms with Crippen LogP contribution in [0.3, 0.4) is 0 Å². The summed E-state index contributed by atoms with van der Waals surface area (Å²) in [5, 5.41) is 5.16. The zero-order chi connectivity index (χ0) is 16.2. The minimum Gasteiger partial charge on any atom is -0.340 e. The number of nitrogens with one attached hydrogen (secondary N) is 1. The Labute approximate surface area is 135 Å². The number of rotatable bonds is 3. The lowest BCUT2D eigenvalue weighted by Gasteiger charge is -2.33. The number of nitrogens with zero attached hydrogens (tertiary/aromatic N) is 2. The number of carbonyl (C=O) groups is 2. The largest absolute Gasteiger partial charge is 0.340 e. The third-order valence-corrected chi connectivity index (χ3v) is 4.25. The summed E-state index contributed by atoms with van der Waals surface area (Å²) in [5.74, 6) is 0.0856. The zero-order valence-electron chi connectivity index (χ0n) is 13.3. The first-order valence-electron chi connectivity index (χ1n) is 7.89. The first kappa shape index (κ1) is 15.5. The SMILES string of the molecule is CC(=O)N1CCN(CC(=O)Nc2cccc3ccccc23)CC1. The zero-order valence-corrected chi connectivity index (χ0v) is 13.3. The van der Waals surface area contributed by atoms with E-state index in [0.717, 1.165) is 29.5 Å². The lowest BCUT2D eigenvalue weighted by Crippen LogP contribution is -2.49. The smallest absolute Gasteiger partial charge is 0.238 e. The van der Waals surface area contributed by atoms with Crippen molar-refractivity contribution in [2.24, 2.45) is 0 Å². The summed E-state index contributed by atoms with van der Waals surface area (Å²) < 4.78 is 0. The van der Waals surface area contributed by atoms with E-state index in [-0.39, 0.29) is 11.8 Å². The summed E-state index contributed by atoms with van der Waals surface area (Å²) in [5.41, 5.74) is 0.843. The number of piperazine rings is 1. The Hall–Kier alpha value is -2.40. The number of anilines is 1. The van der Waals surface area contributed by atoms with E-state index < -0.39 is 0 Å². The number of hydrogen-bond donors (Lipinski definition) is 1. The lowest BCUT2D eigenvalue weighted by atomic mass is 10.1. The molecule has 120 valence electrons. The molecule has 1 aliphatic heterocycles. The first-order valence-corrected chi connectivity index (χ1v) is 7.89. The molecule has 1 fully saturated rings. The van der Waals surface area contributed by atoms with E-state index in [1.165, 1.54) is 0 Å². The highest BCUT2D eigenvalue weighted by Gasteiger charge is 2.20. The predicted octanol–water partition coefficient (Wildman–Crippen LogP) is 1.94. The molecule has 0 radical (unpaired) electrons. The van der Waals surface area contributed by atoms with E-state index in [9.17, 15) is 9.59 Å². The summed E-state index contributed by atoms with van der Waals surface area (Å²) in [4.78, 5) is 27.5. The van der Waals surface area contributed by atoms with Crippen LogP contribution in [0.1, 0.15) is 6.92 Å². The average Bonchev–Trinajstić information content (AvgIpc) is 2.55. The molecule has 0 unspecified atom stereocenters. The highest BCUT2D eigenvalue weighted by molar-refractivity contribution is 6.02. The van der Waals surface area contributed by atoms with Gasteiger partial charge in [0, 0.05) is 44.2 Å². The maximum absolute atomic E-state index is 12.3. The Morgan fingerprint density at radius 1 is 1.00 bits per heavy atom. The monoisotopic (exact) mass is 311 g/mol. The Morgan fingerprint density at radius 3 is 2.43 bits per heavy atom. The van der Waals surface area contributed by atoms with Gasteiger partial charge >= 0.3 is 0 Å². The normalized spacial score (nSPS) is 15.6. The Balaban J connectivity index is 1.60. The van der Waals surface area contributed by atoms with Crippen molar-refractivity contribution < 1.29 is 9.59 Å². The van der Waals surface area contributed by atoms with Crippen molar-refractivity contribution in [1.29, 1.82) is 0 Å². The van der Waals surface area contributed by atoms with Crippen molar-refractivity contribution in [3.63, 3.8) is 0 Å². The van der Waals surface area contributed by atoms with Gasteiger partial charge in [0.1, 0.15) is 0 Å². The molecule has 1 saturated heterocycles. The molecule has 1 N–H and O–H groups in total. The second kappa shape index (κ2) is 6.79. The van der Waals surface area contributed by atoms with Gasteiger partial charge in [-0.1, -0.05) is 36.4 Å². The standard InChI is InChI=1S/C18H21N3O2/c1-14(22)21-11-9-20(10-12-21)13-18(23)19-17-8-4-6-15-5-2-3-7-16(15)17/h2-8H,9-13H2,1H3,(H,19,23). The van der Waals surface area contributed by atoms with Gasteiger partial charge in [-0.25, -0.2) is 0 Å². The third-order valence-electron chi connectivity index (χ3n) is 4.25. The fourth-order valence-corrected chi connectivity index (χ4v) is 2.95. The molecule has 3 rings (SSSR count). The van der Waals surface area contributed by atoms with Crippen molar-refractivity contribution in [2.75, 3.05) is 38.0 Å². The summed E-state index contributed by atoms with van der Waals surface area (Å²) in [6, 6.07) is 13.9. The number of carbonyl (C=O) groups excluding carboxylic acids is 2. The molecule has 1 aliphatic rings. The number of amides is 2. The lowest BCUT2D eigenvalue weighted by molar-refractivity contribution is -0.130. The van der Waals surface area contributed by atoms with Gasteiger partial charge < -0.3 is 10.2 Å². The predicted molar refractivity (Wildman–Crippen MR) is 91.3 cm³/mol. The molecule has 23 heavy (non-hydrogen) atoms. The van der Waals surface area contributed by atoms with Crippen LogP contribution in [-0.4, -0.2) is 54.3 Å². The van der Waals surface area contributed by atoms with Crippen molar-refractivity contribution in [1.82, 2.24) is 9.80 Å². The topological polar surface area (TPSA) is 52.7 Å². The summed E-state index contributed by atoms with van der Waals surface area (Å²) in [7, 11) is 0. The van der Waals surface area contributed by atoms with E-state index in [1.807, 2.05) is 47.4 Å². The van der Waals surface area contributed by atoms with Gasteiger partial charge in [0.25, 0.3) is 0 Å². The Kier molecular flexibility index (Phi) is 4.57. The summed E-state index contributed by atoms with van der Waals surface area (Å²) >= 11 is 0. The minimum atomic E-state index is -0.0161. The van der Waals surface area contributed by atoms with E-state index in [4.69, 9.17) is 0 Å². The van der Waals surface area contributed by atoms with E-state index >= 15 is 0 Å². The van der Waals surface area contributed by atoms with Crippen molar-refractivity contribution >= 4 is 28.3 Å². The molecule has 0 spiro atoms. The maximum atomic E-state index is 12.3. The molecule has 1 heterocycles. The molecule has 2 amide bonds. The van der Waals surface area contributed by atoms with Crippen LogP contribution < -0.4 is 5.32 Å². The van der Waals surface area contributed by atoms with Gasteiger partial charge in [-0.2, -0.15) is 0 Å². The number of benzene rings is 2. The molecule has 5 heteroatoms. The number of hydrogen-bond acceptors (Lipinski definition) is 3. The summed E-state index contributed by atoms with van der Waals surface area (Å²) in [6.45, 7) is 4.80. The van der Waals surface area contributed by atoms with Gasteiger partial charge in [-0.05, 0) is 11.5 Å². The molecular formula is C18H21N3O2. The fraction of sp³-hybridized carbons (Fsp3) is 0.333. The molecular weight excluding hydrogens is 290 g/mol. The van der Waals surface area contributed by atoms with Crippen LogP contribution in [0.2, 0.25) is 0 Å². The molecule has 0 saturated carbocycles. The molecule has 5 nitrogen and oxygen atoms in total. The van der Waals surface area contributed by atoms with E-state index in [0.29, 0.717) is 19.6 Å². The molecule has 2 aromatic carbocycles. The molecule has 0 aliphatic carbocycles. The minimum absolute atomic E-state index is 0.0161. The van der Waals surface area contributed by atoms with Crippen LogP contribution in [0.4, 0.5) is 5.69 Å². The van der Waals surface area contributed by atoms with Crippen LogP contribution in [0.25, 0.3) is 10.8 Å².